The molecule has 0 fully saturated rings. The molecule has 2 heterocycles. The molecule has 0 saturated heterocycles. The van der Waals surface area contributed by atoms with Crippen LogP contribution in [0.1, 0.15) is 21.7 Å². The summed E-state index contributed by atoms with van der Waals surface area (Å²) < 4.78 is 1.56. The Morgan fingerprint density at radius 3 is 2.94 bits per heavy atom. The van der Waals surface area contributed by atoms with Gasteiger partial charge in [0.2, 0.25) is 0 Å². The quantitative estimate of drug-likeness (QED) is 0.842. The molecule has 82 valence electrons. The number of nitrogens with zero attached hydrogens (tertiary/aromatic N) is 3. The fourth-order valence-electron chi connectivity index (χ4n) is 1.41. The van der Waals surface area contributed by atoms with Gasteiger partial charge in [-0.25, -0.2) is 4.79 Å². The summed E-state index contributed by atoms with van der Waals surface area (Å²) >= 11 is 0. The first-order chi connectivity index (χ1) is 7.65. The lowest BCUT2D eigenvalue weighted by Crippen LogP contribution is -2.03. The Hall–Kier alpha value is -2.17. The molecule has 0 aliphatic rings. The molecule has 0 saturated carbocycles. The van der Waals surface area contributed by atoms with Gasteiger partial charge in [0.1, 0.15) is 0 Å². The average molecular weight is 217 g/mol. The van der Waals surface area contributed by atoms with Gasteiger partial charge in [0, 0.05) is 11.9 Å². The van der Waals surface area contributed by atoms with Crippen LogP contribution in [0.25, 0.3) is 0 Å². The topological polar surface area (TPSA) is 68.0 Å². The molecular formula is C11H11N3O2. The first kappa shape index (κ1) is 10.4. The fourth-order valence-corrected chi connectivity index (χ4v) is 1.41. The van der Waals surface area contributed by atoms with Gasteiger partial charge in [-0.3, -0.25) is 9.67 Å². The van der Waals surface area contributed by atoms with E-state index in [4.69, 9.17) is 5.11 Å². The Balaban J connectivity index is 2.17. The van der Waals surface area contributed by atoms with Crippen LogP contribution in [0.5, 0.6) is 0 Å². The highest BCUT2D eigenvalue weighted by Crippen LogP contribution is 2.03. The minimum absolute atomic E-state index is 0.188. The van der Waals surface area contributed by atoms with E-state index in [1.54, 1.807) is 4.68 Å². The number of carbonyl (C=O) groups is 1. The Morgan fingerprint density at radius 2 is 2.31 bits per heavy atom. The molecule has 0 radical (unpaired) electrons. The summed E-state index contributed by atoms with van der Waals surface area (Å²) in [6.45, 7) is 2.39. The van der Waals surface area contributed by atoms with E-state index in [-0.39, 0.29) is 5.56 Å². The molecule has 16 heavy (non-hydrogen) atoms. The van der Waals surface area contributed by atoms with Crippen LogP contribution in [0.2, 0.25) is 0 Å². The molecule has 5 heteroatoms. The van der Waals surface area contributed by atoms with Crippen LogP contribution < -0.4 is 0 Å². The number of aromatic nitrogens is 3. The summed E-state index contributed by atoms with van der Waals surface area (Å²) in [5, 5.41) is 12.7. The summed E-state index contributed by atoms with van der Waals surface area (Å²) in [6.07, 6.45) is 2.82. The molecule has 2 aromatic rings. The second-order valence-corrected chi connectivity index (χ2v) is 3.50. The summed E-state index contributed by atoms with van der Waals surface area (Å²) in [7, 11) is 0. The monoisotopic (exact) mass is 217 g/mol. The van der Waals surface area contributed by atoms with E-state index in [9.17, 15) is 4.79 Å². The van der Waals surface area contributed by atoms with Gasteiger partial charge in [0.05, 0.1) is 24.0 Å². The maximum Gasteiger partial charge on any atom is 0.338 e. The largest absolute Gasteiger partial charge is 0.478 e. The van der Waals surface area contributed by atoms with Crippen molar-refractivity contribution in [3.8, 4) is 0 Å². The molecule has 0 spiro atoms. The molecular weight excluding hydrogens is 206 g/mol. The normalized spacial score (nSPS) is 10.3. The van der Waals surface area contributed by atoms with Gasteiger partial charge in [0.15, 0.2) is 0 Å². The molecule has 1 N–H and O–H groups in total. The number of hydrogen-bond acceptors (Lipinski definition) is 3. The number of carboxylic acid groups (broad SMARTS) is 1. The van der Waals surface area contributed by atoms with E-state index in [1.807, 2.05) is 25.1 Å². The lowest BCUT2D eigenvalue weighted by atomic mass is 10.3. The van der Waals surface area contributed by atoms with E-state index < -0.39 is 5.97 Å². The van der Waals surface area contributed by atoms with E-state index in [1.165, 1.54) is 12.4 Å². The van der Waals surface area contributed by atoms with Crippen molar-refractivity contribution in [2.45, 2.75) is 13.5 Å². The van der Waals surface area contributed by atoms with Crippen molar-refractivity contribution in [3.05, 3.63) is 47.5 Å². The van der Waals surface area contributed by atoms with Crippen LogP contribution in [0.3, 0.4) is 0 Å². The second-order valence-electron chi connectivity index (χ2n) is 3.50. The smallest absolute Gasteiger partial charge is 0.338 e. The van der Waals surface area contributed by atoms with E-state index in [0.29, 0.717) is 6.54 Å². The summed E-state index contributed by atoms with van der Waals surface area (Å²) in [4.78, 5) is 15.0. The molecule has 0 aliphatic heterocycles. The third-order valence-corrected chi connectivity index (χ3v) is 2.15. The van der Waals surface area contributed by atoms with Crippen molar-refractivity contribution >= 4 is 5.97 Å². The number of aryl methyl sites for hydroxylation is 1. The van der Waals surface area contributed by atoms with Gasteiger partial charge in [0.25, 0.3) is 0 Å². The fraction of sp³-hybridized carbons (Fsp3) is 0.182. The van der Waals surface area contributed by atoms with E-state index >= 15 is 0 Å². The third kappa shape index (κ3) is 2.25. The Morgan fingerprint density at radius 1 is 1.50 bits per heavy atom. The van der Waals surface area contributed by atoms with Gasteiger partial charge in [-0.05, 0) is 19.1 Å². The maximum absolute atomic E-state index is 10.7. The zero-order valence-corrected chi connectivity index (χ0v) is 8.79. The molecule has 0 aliphatic carbocycles. The number of pyridine rings is 1. The van der Waals surface area contributed by atoms with Crippen molar-refractivity contribution in [2.75, 3.05) is 0 Å². The van der Waals surface area contributed by atoms with Crippen molar-refractivity contribution < 1.29 is 9.90 Å². The average Bonchev–Trinajstić information content (AvgIpc) is 2.66. The minimum atomic E-state index is -0.969. The van der Waals surface area contributed by atoms with Gasteiger partial charge < -0.3 is 5.11 Å². The third-order valence-electron chi connectivity index (χ3n) is 2.15. The predicted molar refractivity (Wildman–Crippen MR) is 57.3 cm³/mol. The Bertz CT molecular complexity index is 519. The van der Waals surface area contributed by atoms with Crippen LogP contribution in [-0.4, -0.2) is 25.8 Å². The van der Waals surface area contributed by atoms with Crippen LogP contribution in [0, 0.1) is 6.92 Å². The van der Waals surface area contributed by atoms with Gasteiger partial charge in [-0.1, -0.05) is 6.07 Å². The number of aromatic carboxylic acids is 1. The number of rotatable bonds is 3. The molecule has 2 aromatic heterocycles. The highest BCUT2D eigenvalue weighted by molar-refractivity contribution is 5.86. The first-order valence-electron chi connectivity index (χ1n) is 4.83. The van der Waals surface area contributed by atoms with Gasteiger partial charge in [-0.2, -0.15) is 5.10 Å². The summed E-state index contributed by atoms with van der Waals surface area (Å²) in [5.74, 6) is -0.969. The van der Waals surface area contributed by atoms with Crippen LogP contribution in [0.15, 0.2) is 30.6 Å². The molecule has 5 nitrogen and oxygen atoms in total. The maximum atomic E-state index is 10.7. The number of hydrogen-bond donors (Lipinski definition) is 1. The SMILES string of the molecule is Cc1cccc(Cn2cc(C(=O)O)cn2)n1. The van der Waals surface area contributed by atoms with Crippen molar-refractivity contribution in [3.63, 3.8) is 0 Å². The Kier molecular flexibility index (Phi) is 2.68. The molecule has 2 rings (SSSR count). The standard InChI is InChI=1S/C11H11N3O2/c1-8-3-2-4-10(13-8)7-14-6-9(5-12-14)11(15)16/h2-6H,7H2,1H3,(H,15,16). The molecule has 0 aromatic carbocycles. The zero-order chi connectivity index (χ0) is 11.5. The number of carboxylic acids is 1. The minimum Gasteiger partial charge on any atom is -0.478 e. The highest BCUT2D eigenvalue weighted by atomic mass is 16.4. The Labute approximate surface area is 92.4 Å². The van der Waals surface area contributed by atoms with E-state index in [2.05, 4.69) is 10.1 Å². The summed E-state index contributed by atoms with van der Waals surface area (Å²) in [6, 6.07) is 5.71. The van der Waals surface area contributed by atoms with Crippen molar-refractivity contribution in [1.82, 2.24) is 14.8 Å². The van der Waals surface area contributed by atoms with Gasteiger partial charge in [-0.15, -0.1) is 0 Å². The van der Waals surface area contributed by atoms with E-state index in [0.717, 1.165) is 11.4 Å². The zero-order valence-electron chi connectivity index (χ0n) is 8.79. The van der Waals surface area contributed by atoms with Crippen molar-refractivity contribution in [1.29, 1.82) is 0 Å². The van der Waals surface area contributed by atoms with Crippen LogP contribution in [-0.2, 0) is 6.54 Å². The molecule has 0 amide bonds. The highest BCUT2D eigenvalue weighted by Gasteiger charge is 2.06. The lowest BCUT2D eigenvalue weighted by molar-refractivity contribution is 0.0697. The molecule has 0 bridgehead atoms. The lowest BCUT2D eigenvalue weighted by Gasteiger charge is -2.01. The first-order valence-corrected chi connectivity index (χ1v) is 4.83. The van der Waals surface area contributed by atoms with Gasteiger partial charge >= 0.3 is 5.97 Å². The predicted octanol–water partition coefficient (Wildman–Crippen LogP) is 1.33. The van der Waals surface area contributed by atoms with Crippen molar-refractivity contribution in [2.24, 2.45) is 0 Å². The van der Waals surface area contributed by atoms with Crippen LogP contribution in [0.4, 0.5) is 0 Å². The molecule has 0 unspecified atom stereocenters. The second kappa shape index (κ2) is 4.14. The summed E-state index contributed by atoms with van der Waals surface area (Å²) in [5.41, 5.74) is 1.98. The van der Waals surface area contributed by atoms with Crippen LogP contribution >= 0.6 is 0 Å². The molecule has 0 atom stereocenters.